The molecule has 114 valence electrons. The maximum atomic E-state index is 12.9. The Balaban J connectivity index is 2.45. The molecule has 0 atom stereocenters. The van der Waals surface area contributed by atoms with Gasteiger partial charge < -0.3 is 10.1 Å². The minimum absolute atomic E-state index is 0.0830. The van der Waals surface area contributed by atoms with Crippen LogP contribution in [0.15, 0.2) is 22.7 Å². The number of amides is 3. The van der Waals surface area contributed by atoms with Crippen molar-refractivity contribution >= 4 is 33.8 Å². The number of imide groups is 1. The Morgan fingerprint density at radius 3 is 2.67 bits per heavy atom. The highest BCUT2D eigenvalue weighted by molar-refractivity contribution is 9.10. The first kappa shape index (κ1) is 17.1. The molecule has 0 saturated carbocycles. The van der Waals surface area contributed by atoms with E-state index in [-0.39, 0.29) is 10.0 Å². The van der Waals surface area contributed by atoms with Crippen molar-refractivity contribution in [3.63, 3.8) is 0 Å². The average Bonchev–Trinajstić information content (AvgIpc) is 2.42. The lowest BCUT2D eigenvalue weighted by Crippen LogP contribution is -2.41. The Hall–Kier alpha value is -1.96. The summed E-state index contributed by atoms with van der Waals surface area (Å²) in [6.45, 7) is 1.69. The van der Waals surface area contributed by atoms with E-state index in [1.54, 1.807) is 0 Å². The molecule has 1 rings (SSSR count). The van der Waals surface area contributed by atoms with Crippen molar-refractivity contribution in [2.45, 2.75) is 13.3 Å². The van der Waals surface area contributed by atoms with Crippen molar-refractivity contribution in [3.05, 3.63) is 34.1 Å². The number of rotatable bonds is 5. The number of hydrogen-bond acceptors (Lipinski definition) is 4. The van der Waals surface area contributed by atoms with Crippen LogP contribution in [-0.2, 0) is 9.53 Å². The first-order valence-corrected chi connectivity index (χ1v) is 6.93. The summed E-state index contributed by atoms with van der Waals surface area (Å²) in [5, 5.41) is 4.44. The number of nitrogens with one attached hydrogen (secondary N) is 2. The van der Waals surface area contributed by atoms with Crippen LogP contribution in [0.5, 0.6) is 0 Å². The lowest BCUT2D eigenvalue weighted by molar-refractivity contribution is -0.123. The van der Waals surface area contributed by atoms with Crippen LogP contribution < -0.4 is 10.6 Å². The van der Waals surface area contributed by atoms with Gasteiger partial charge in [-0.25, -0.2) is 14.0 Å². The Labute approximate surface area is 129 Å². The molecule has 21 heavy (non-hydrogen) atoms. The molecule has 0 aliphatic rings. The van der Waals surface area contributed by atoms with E-state index >= 15 is 0 Å². The number of carbonyl (C=O) groups is 3. The summed E-state index contributed by atoms with van der Waals surface area (Å²) in [5.74, 6) is -2.06. The zero-order valence-corrected chi connectivity index (χ0v) is 12.8. The monoisotopic (exact) mass is 360 g/mol. The number of benzene rings is 1. The summed E-state index contributed by atoms with van der Waals surface area (Å²) >= 11 is 3.02. The van der Waals surface area contributed by atoms with Gasteiger partial charge in [0.1, 0.15) is 5.82 Å². The first-order valence-electron chi connectivity index (χ1n) is 6.14. The fraction of sp³-hybridized carbons (Fsp3) is 0.308. The van der Waals surface area contributed by atoms with E-state index in [0.717, 1.165) is 18.6 Å². The Kier molecular flexibility index (Phi) is 6.80. The van der Waals surface area contributed by atoms with Gasteiger partial charge in [0.2, 0.25) is 0 Å². The normalized spacial score (nSPS) is 9.86. The molecule has 3 amide bonds. The van der Waals surface area contributed by atoms with Crippen molar-refractivity contribution < 1.29 is 23.5 Å². The summed E-state index contributed by atoms with van der Waals surface area (Å²) < 4.78 is 17.8. The average molecular weight is 361 g/mol. The van der Waals surface area contributed by atoms with E-state index in [2.05, 4.69) is 21.2 Å². The standard InChI is InChI=1S/C13H14BrFN2O4/c1-2-5-16-13(20)17-11(18)7-21-12(19)9-4-3-8(15)6-10(9)14/h3-4,6H,2,5,7H2,1H3,(H2,16,17,18,20). The van der Waals surface area contributed by atoms with Crippen LogP contribution >= 0.6 is 15.9 Å². The number of carbonyl (C=O) groups excluding carboxylic acids is 3. The predicted octanol–water partition coefficient (Wildman–Crippen LogP) is 1.98. The Morgan fingerprint density at radius 2 is 2.05 bits per heavy atom. The SMILES string of the molecule is CCCNC(=O)NC(=O)COC(=O)c1ccc(F)cc1Br. The molecule has 0 aliphatic heterocycles. The minimum Gasteiger partial charge on any atom is -0.452 e. The highest BCUT2D eigenvalue weighted by Crippen LogP contribution is 2.18. The van der Waals surface area contributed by atoms with E-state index in [4.69, 9.17) is 4.74 Å². The van der Waals surface area contributed by atoms with E-state index in [0.29, 0.717) is 6.54 Å². The fourth-order valence-corrected chi connectivity index (χ4v) is 1.82. The molecule has 0 heterocycles. The fourth-order valence-electron chi connectivity index (χ4n) is 1.31. The van der Waals surface area contributed by atoms with Crippen molar-refractivity contribution in [2.24, 2.45) is 0 Å². The number of hydrogen-bond donors (Lipinski definition) is 2. The molecule has 0 fully saturated rings. The van der Waals surface area contributed by atoms with Gasteiger partial charge in [0.15, 0.2) is 6.61 Å². The summed E-state index contributed by atoms with van der Waals surface area (Å²) in [6.07, 6.45) is 0.731. The van der Waals surface area contributed by atoms with Crippen LogP contribution in [0.2, 0.25) is 0 Å². The predicted molar refractivity (Wildman–Crippen MR) is 76.2 cm³/mol. The summed E-state index contributed by atoms with van der Waals surface area (Å²) in [7, 11) is 0. The number of esters is 1. The Bertz CT molecular complexity index is 551. The second-order valence-electron chi connectivity index (χ2n) is 4.00. The molecule has 0 radical (unpaired) electrons. The van der Waals surface area contributed by atoms with E-state index in [1.165, 1.54) is 6.07 Å². The molecule has 0 spiro atoms. The van der Waals surface area contributed by atoms with Gasteiger partial charge in [-0.3, -0.25) is 10.1 Å². The van der Waals surface area contributed by atoms with Crippen LogP contribution in [0.3, 0.4) is 0 Å². The van der Waals surface area contributed by atoms with Gasteiger partial charge in [-0.15, -0.1) is 0 Å². The molecule has 2 N–H and O–H groups in total. The van der Waals surface area contributed by atoms with Crippen LogP contribution in [-0.4, -0.2) is 31.1 Å². The molecule has 0 bridgehead atoms. The van der Waals surface area contributed by atoms with Crippen molar-refractivity contribution in [3.8, 4) is 0 Å². The van der Waals surface area contributed by atoms with Crippen molar-refractivity contribution in [1.29, 1.82) is 0 Å². The molecule has 0 aromatic heterocycles. The highest BCUT2D eigenvalue weighted by Gasteiger charge is 2.15. The smallest absolute Gasteiger partial charge is 0.339 e. The maximum Gasteiger partial charge on any atom is 0.339 e. The molecular formula is C13H14BrFN2O4. The van der Waals surface area contributed by atoms with Crippen molar-refractivity contribution in [2.75, 3.05) is 13.2 Å². The third-order valence-electron chi connectivity index (χ3n) is 2.27. The van der Waals surface area contributed by atoms with Crippen LogP contribution in [0.1, 0.15) is 23.7 Å². The van der Waals surface area contributed by atoms with E-state index in [9.17, 15) is 18.8 Å². The van der Waals surface area contributed by atoms with Gasteiger partial charge in [-0.1, -0.05) is 6.92 Å². The molecule has 0 aliphatic carbocycles. The molecule has 0 unspecified atom stereocenters. The number of ether oxygens (including phenoxy) is 1. The zero-order chi connectivity index (χ0) is 15.8. The van der Waals surface area contributed by atoms with Gasteiger partial charge in [-0.2, -0.15) is 0 Å². The summed E-state index contributed by atoms with van der Waals surface area (Å²) in [6, 6.07) is 2.78. The highest BCUT2D eigenvalue weighted by atomic mass is 79.9. The van der Waals surface area contributed by atoms with E-state index in [1.807, 2.05) is 12.2 Å². The first-order chi connectivity index (χ1) is 9.93. The lowest BCUT2D eigenvalue weighted by Gasteiger charge is -2.07. The van der Waals surface area contributed by atoms with Gasteiger partial charge in [0.05, 0.1) is 5.56 Å². The molecule has 8 heteroatoms. The molecule has 6 nitrogen and oxygen atoms in total. The molecule has 1 aromatic carbocycles. The van der Waals surface area contributed by atoms with E-state index < -0.39 is 30.3 Å². The number of halogens is 2. The third-order valence-corrected chi connectivity index (χ3v) is 2.93. The lowest BCUT2D eigenvalue weighted by atomic mass is 10.2. The topological polar surface area (TPSA) is 84.5 Å². The van der Waals surface area contributed by atoms with Crippen LogP contribution in [0.4, 0.5) is 9.18 Å². The zero-order valence-electron chi connectivity index (χ0n) is 11.2. The molecule has 1 aromatic rings. The second kappa shape index (κ2) is 8.35. The van der Waals surface area contributed by atoms with Gasteiger partial charge in [0.25, 0.3) is 5.91 Å². The van der Waals surface area contributed by atoms with Gasteiger partial charge in [-0.05, 0) is 40.5 Å². The Morgan fingerprint density at radius 1 is 1.33 bits per heavy atom. The van der Waals surface area contributed by atoms with Crippen LogP contribution in [0, 0.1) is 5.82 Å². The third kappa shape index (κ3) is 5.90. The number of urea groups is 1. The van der Waals surface area contributed by atoms with Gasteiger partial charge in [0, 0.05) is 11.0 Å². The molecule has 0 saturated heterocycles. The van der Waals surface area contributed by atoms with Crippen LogP contribution in [0.25, 0.3) is 0 Å². The largest absolute Gasteiger partial charge is 0.452 e. The van der Waals surface area contributed by atoms with Gasteiger partial charge >= 0.3 is 12.0 Å². The van der Waals surface area contributed by atoms with Crippen molar-refractivity contribution in [1.82, 2.24) is 10.6 Å². The minimum atomic E-state index is -0.800. The summed E-state index contributed by atoms with van der Waals surface area (Å²) in [5.41, 5.74) is 0.0830. The maximum absolute atomic E-state index is 12.9. The quantitative estimate of drug-likeness (QED) is 0.786. The summed E-state index contributed by atoms with van der Waals surface area (Å²) in [4.78, 5) is 34.2. The second-order valence-corrected chi connectivity index (χ2v) is 4.86. The molecular weight excluding hydrogens is 347 g/mol.